The second-order valence-electron chi connectivity index (χ2n) is 17.0. The molecule has 0 aliphatic carbocycles. The fourth-order valence-electron chi connectivity index (χ4n) is 8.14. The van der Waals surface area contributed by atoms with E-state index in [1.54, 1.807) is 0 Å². The van der Waals surface area contributed by atoms with Crippen LogP contribution in [0.4, 0.5) is 0 Å². The van der Waals surface area contributed by atoms with E-state index in [9.17, 15) is 9.90 Å². The van der Waals surface area contributed by atoms with E-state index in [1.165, 1.54) is 58.1 Å². The molecular formula is C48H58IrNO2S2-. The molecule has 3 nitrogen and oxygen atoms in total. The van der Waals surface area contributed by atoms with Crippen LogP contribution in [0.3, 0.4) is 0 Å². The zero-order chi connectivity index (χ0) is 38.9. The Morgan fingerprint density at radius 2 is 1.28 bits per heavy atom. The van der Waals surface area contributed by atoms with E-state index < -0.39 is 0 Å². The van der Waals surface area contributed by atoms with Crippen molar-refractivity contribution in [3.63, 3.8) is 0 Å². The largest absolute Gasteiger partial charge is 0.512 e. The molecule has 0 saturated heterocycles. The Morgan fingerprint density at radius 3 is 1.85 bits per heavy atom. The number of aliphatic hydroxyl groups is 1. The minimum absolute atomic E-state index is 0. The maximum atomic E-state index is 12.3. The SMILES string of the molecule is CC(C)C(C(=O)/C=C(\O)C(C(C)C)C(C)C)C(C)C.Cc1c(-c2sc3c(-c4[c-]c5ccccc5c(C(C)(C)C)c4)nccc3c2C)sc2ccccc12.[Ir]. The number of aromatic nitrogens is 1. The normalized spacial score (nSPS) is 12.5. The molecule has 1 radical (unpaired) electrons. The van der Waals surface area contributed by atoms with Crippen molar-refractivity contribution in [1.82, 2.24) is 4.98 Å². The Bertz CT molecular complexity index is 2250. The van der Waals surface area contributed by atoms with Crippen LogP contribution in [0.5, 0.6) is 0 Å². The van der Waals surface area contributed by atoms with E-state index >= 15 is 0 Å². The van der Waals surface area contributed by atoms with Crippen LogP contribution in [-0.4, -0.2) is 15.9 Å². The molecule has 6 rings (SSSR count). The van der Waals surface area contributed by atoms with Crippen LogP contribution in [0.25, 0.3) is 52.0 Å². The first-order chi connectivity index (χ1) is 24.9. The van der Waals surface area contributed by atoms with E-state index in [0.717, 1.165) is 16.6 Å². The molecule has 289 valence electrons. The first-order valence-corrected chi connectivity index (χ1v) is 20.8. The zero-order valence-electron chi connectivity index (χ0n) is 34.3. The molecule has 0 bridgehead atoms. The summed E-state index contributed by atoms with van der Waals surface area (Å²) in [4.78, 5) is 20.0. The Kier molecular flexibility index (Phi) is 14.3. The van der Waals surface area contributed by atoms with Gasteiger partial charge in [-0.05, 0) is 77.0 Å². The first kappa shape index (κ1) is 43.6. The number of aryl methyl sites for hydroxylation is 2. The Morgan fingerprint density at radius 1 is 0.741 bits per heavy atom. The monoisotopic (exact) mass is 937 g/mol. The third-order valence-electron chi connectivity index (χ3n) is 10.6. The van der Waals surface area contributed by atoms with Gasteiger partial charge in [0.15, 0.2) is 5.78 Å². The van der Waals surface area contributed by atoms with Gasteiger partial charge in [-0.15, -0.1) is 51.8 Å². The smallest absolute Gasteiger partial charge is 0.162 e. The van der Waals surface area contributed by atoms with Crippen LogP contribution < -0.4 is 0 Å². The molecule has 3 aromatic carbocycles. The number of allylic oxidation sites excluding steroid dienone is 2. The number of aliphatic hydroxyl groups excluding tert-OH is 1. The number of ketones is 1. The third kappa shape index (κ3) is 9.10. The van der Waals surface area contributed by atoms with E-state index in [1.807, 2.05) is 28.9 Å². The standard InChI is InChI=1S/C31H26NS2.C17H32O2.Ir/c1-18-22-11-8-9-13-26(22)33-28(18)29-19(2)23-14-15-32-27(30(23)34-29)21-16-20-10-6-7-12-24(20)25(17-21)31(3,4)5;1-10(2)16(11(3)4)14(18)9-15(19)17(12(5)6)13(7)8;/h6-15,17H,1-5H3;9-13,16-18H,1-8H3;/q-1;;/b;14-9-;. The maximum Gasteiger partial charge on any atom is 0.162 e. The summed E-state index contributed by atoms with van der Waals surface area (Å²) in [6, 6.07) is 25.5. The minimum Gasteiger partial charge on any atom is -0.512 e. The van der Waals surface area contributed by atoms with Crippen molar-refractivity contribution in [1.29, 1.82) is 0 Å². The predicted octanol–water partition coefficient (Wildman–Crippen LogP) is 14.6. The molecule has 0 unspecified atom stereocenters. The Labute approximate surface area is 345 Å². The van der Waals surface area contributed by atoms with Crippen LogP contribution in [0.15, 0.2) is 78.7 Å². The van der Waals surface area contributed by atoms with E-state index in [0.29, 0.717) is 23.7 Å². The Balaban J connectivity index is 0.000000281. The molecule has 3 aromatic heterocycles. The molecule has 54 heavy (non-hydrogen) atoms. The van der Waals surface area contributed by atoms with Crippen LogP contribution in [0, 0.1) is 55.4 Å². The molecule has 0 spiro atoms. The van der Waals surface area contributed by atoms with E-state index in [2.05, 4.69) is 157 Å². The summed E-state index contributed by atoms with van der Waals surface area (Å²) >= 11 is 3.77. The number of hydrogen-bond acceptors (Lipinski definition) is 5. The van der Waals surface area contributed by atoms with Crippen LogP contribution >= 0.6 is 22.7 Å². The van der Waals surface area contributed by atoms with Crippen molar-refractivity contribution in [2.45, 2.75) is 95.4 Å². The average molecular weight is 937 g/mol. The summed E-state index contributed by atoms with van der Waals surface area (Å²) in [6.45, 7) is 28.0. The van der Waals surface area contributed by atoms with Gasteiger partial charge in [-0.2, -0.15) is 0 Å². The summed E-state index contributed by atoms with van der Waals surface area (Å²) in [5.74, 6) is 1.63. The van der Waals surface area contributed by atoms with Gasteiger partial charge in [0.2, 0.25) is 0 Å². The summed E-state index contributed by atoms with van der Waals surface area (Å²) in [5, 5.41) is 15.3. The molecule has 0 atom stereocenters. The van der Waals surface area contributed by atoms with Gasteiger partial charge in [-0.25, -0.2) is 0 Å². The van der Waals surface area contributed by atoms with Crippen molar-refractivity contribution in [2.75, 3.05) is 0 Å². The number of carbonyl (C=O) groups is 1. The predicted molar refractivity (Wildman–Crippen MR) is 232 cm³/mol. The van der Waals surface area contributed by atoms with Crippen LogP contribution in [0.1, 0.15) is 92.9 Å². The molecular weight excluding hydrogens is 879 g/mol. The van der Waals surface area contributed by atoms with Gasteiger partial charge in [0.25, 0.3) is 0 Å². The molecule has 1 N–H and O–H groups in total. The fraction of sp³-hybridized carbons (Fsp3) is 0.417. The summed E-state index contributed by atoms with van der Waals surface area (Å²) < 4.78 is 2.60. The van der Waals surface area contributed by atoms with Crippen molar-refractivity contribution in [3.8, 4) is 21.0 Å². The molecule has 6 aromatic rings. The second kappa shape index (κ2) is 17.8. The van der Waals surface area contributed by atoms with E-state index in [-0.39, 0.29) is 48.9 Å². The quantitative estimate of drug-likeness (QED) is 0.0893. The van der Waals surface area contributed by atoms with Gasteiger partial charge < -0.3 is 5.11 Å². The number of thiophene rings is 2. The van der Waals surface area contributed by atoms with Crippen LogP contribution in [-0.2, 0) is 30.3 Å². The van der Waals surface area contributed by atoms with Gasteiger partial charge in [-0.3, -0.25) is 9.78 Å². The van der Waals surface area contributed by atoms with Crippen LogP contribution in [0.2, 0.25) is 0 Å². The van der Waals surface area contributed by atoms with Gasteiger partial charge in [0.1, 0.15) is 0 Å². The third-order valence-corrected chi connectivity index (χ3v) is 13.3. The van der Waals surface area contributed by atoms with Crippen molar-refractivity contribution >= 4 is 59.4 Å². The Hall–Kier alpha value is -3.15. The fourth-order valence-corrected chi connectivity index (χ4v) is 10.9. The number of rotatable bonds is 9. The maximum absolute atomic E-state index is 12.3. The summed E-state index contributed by atoms with van der Waals surface area (Å²) in [5.41, 5.74) is 6.20. The average Bonchev–Trinajstić information content (AvgIpc) is 3.59. The molecule has 3 heterocycles. The molecule has 0 aliphatic heterocycles. The number of fused-ring (bicyclic) bond motifs is 3. The molecule has 0 fully saturated rings. The number of nitrogens with zero attached hydrogens (tertiary/aromatic N) is 1. The van der Waals surface area contributed by atoms with Gasteiger partial charge >= 0.3 is 0 Å². The molecule has 0 amide bonds. The summed E-state index contributed by atoms with van der Waals surface area (Å²) in [7, 11) is 0. The van der Waals surface area contributed by atoms with E-state index in [4.69, 9.17) is 4.98 Å². The first-order valence-electron chi connectivity index (χ1n) is 19.2. The molecule has 6 heteroatoms. The van der Waals surface area contributed by atoms with Gasteiger partial charge in [0.05, 0.1) is 5.76 Å². The second-order valence-corrected chi connectivity index (χ2v) is 19.1. The van der Waals surface area contributed by atoms with Crippen molar-refractivity contribution < 1.29 is 30.0 Å². The number of carbonyl (C=O) groups excluding carboxylic acids is 1. The number of benzene rings is 3. The van der Waals surface area contributed by atoms with Gasteiger partial charge in [0, 0.05) is 69.1 Å². The molecule has 0 aliphatic rings. The zero-order valence-corrected chi connectivity index (χ0v) is 38.4. The van der Waals surface area contributed by atoms with Crippen molar-refractivity contribution in [3.05, 3.63) is 101 Å². The number of hydrogen-bond donors (Lipinski definition) is 1. The van der Waals surface area contributed by atoms with Crippen molar-refractivity contribution in [2.24, 2.45) is 35.5 Å². The topological polar surface area (TPSA) is 50.2 Å². The van der Waals surface area contributed by atoms with Gasteiger partial charge in [-0.1, -0.05) is 124 Å². The summed E-state index contributed by atoms with van der Waals surface area (Å²) in [6.07, 6.45) is 3.44. The number of pyridine rings is 1. The molecule has 0 saturated carbocycles. The minimum atomic E-state index is -0.0119.